The number of hydrogen-bond donors (Lipinski definition) is 0. The minimum Gasteiger partial charge on any atom is -0.399 e. The van der Waals surface area contributed by atoms with E-state index in [1.54, 1.807) is 0 Å². The molecule has 0 radical (unpaired) electrons. The van der Waals surface area contributed by atoms with Crippen LogP contribution in [0.5, 0.6) is 0 Å². The Labute approximate surface area is 215 Å². The quantitative estimate of drug-likeness (QED) is 0.286. The number of fused-ring (bicyclic) bond motifs is 3. The normalized spacial score (nSPS) is 18.7. The van der Waals surface area contributed by atoms with Gasteiger partial charge in [0.25, 0.3) is 0 Å². The Balaban J connectivity index is 1.37. The van der Waals surface area contributed by atoms with Crippen molar-refractivity contribution in [3.05, 3.63) is 102 Å². The first-order valence-electron chi connectivity index (χ1n) is 12.9. The van der Waals surface area contributed by atoms with E-state index >= 15 is 0 Å². The van der Waals surface area contributed by atoms with E-state index < -0.39 is 0 Å². The molecule has 1 saturated heterocycles. The summed E-state index contributed by atoms with van der Waals surface area (Å²) >= 11 is 0. The molecular formula is C33H33BO2. The van der Waals surface area contributed by atoms with Gasteiger partial charge in [0, 0.05) is 5.41 Å². The standard InChI is InChI=1S/C33H33BO2/c1-31(2)29-20-25(24-14-10-13-23(19-24)22-11-8-7-9-12-22)15-17-27(29)28-18-16-26(21-30(28)31)34-35-32(3,4)33(5,6)36-34/h7-21H,1-6H3. The van der Waals surface area contributed by atoms with Gasteiger partial charge in [-0.25, -0.2) is 0 Å². The van der Waals surface area contributed by atoms with Crippen LogP contribution in [0.4, 0.5) is 0 Å². The Morgan fingerprint density at radius 3 is 1.69 bits per heavy atom. The molecule has 0 N–H and O–H groups in total. The monoisotopic (exact) mass is 472 g/mol. The van der Waals surface area contributed by atoms with Crippen LogP contribution in [0.3, 0.4) is 0 Å². The van der Waals surface area contributed by atoms with Crippen LogP contribution < -0.4 is 5.46 Å². The molecule has 6 rings (SSSR count). The minimum atomic E-state index is -0.351. The van der Waals surface area contributed by atoms with E-state index in [1.807, 2.05) is 0 Å². The minimum absolute atomic E-state index is 0.114. The number of benzene rings is 4. The van der Waals surface area contributed by atoms with Gasteiger partial charge in [0.2, 0.25) is 0 Å². The van der Waals surface area contributed by atoms with Gasteiger partial charge in [-0.2, -0.15) is 0 Å². The zero-order valence-corrected chi connectivity index (χ0v) is 22.1. The average molecular weight is 472 g/mol. The smallest absolute Gasteiger partial charge is 0.399 e. The molecule has 0 spiro atoms. The van der Waals surface area contributed by atoms with Crippen LogP contribution in [0.2, 0.25) is 0 Å². The lowest BCUT2D eigenvalue weighted by atomic mass is 9.74. The van der Waals surface area contributed by atoms with Gasteiger partial charge in [-0.1, -0.05) is 92.7 Å². The first kappa shape index (κ1) is 23.3. The summed E-state index contributed by atoms with van der Waals surface area (Å²) in [6.07, 6.45) is 0. The third-order valence-electron chi connectivity index (χ3n) is 8.53. The Morgan fingerprint density at radius 2 is 1.03 bits per heavy atom. The predicted molar refractivity (Wildman–Crippen MR) is 151 cm³/mol. The lowest BCUT2D eigenvalue weighted by Gasteiger charge is -2.32. The summed E-state index contributed by atoms with van der Waals surface area (Å²) in [7, 11) is -0.351. The second kappa shape index (κ2) is 7.93. The average Bonchev–Trinajstić information content (AvgIpc) is 3.23. The molecule has 4 aromatic rings. The summed E-state index contributed by atoms with van der Waals surface area (Å²) < 4.78 is 12.7. The molecule has 0 aromatic heterocycles. The van der Waals surface area contributed by atoms with Crippen molar-refractivity contribution in [2.24, 2.45) is 0 Å². The molecule has 36 heavy (non-hydrogen) atoms. The third kappa shape index (κ3) is 3.57. The van der Waals surface area contributed by atoms with E-state index in [4.69, 9.17) is 9.31 Å². The predicted octanol–water partition coefficient (Wildman–Crippen LogP) is 7.63. The van der Waals surface area contributed by atoms with Crippen molar-refractivity contribution in [3.63, 3.8) is 0 Å². The zero-order valence-electron chi connectivity index (χ0n) is 22.1. The van der Waals surface area contributed by atoms with Gasteiger partial charge >= 0.3 is 7.12 Å². The van der Waals surface area contributed by atoms with Crippen molar-refractivity contribution in [2.75, 3.05) is 0 Å². The fraction of sp³-hybridized carbons (Fsp3) is 0.273. The van der Waals surface area contributed by atoms with Crippen molar-refractivity contribution in [3.8, 4) is 33.4 Å². The zero-order chi connectivity index (χ0) is 25.3. The Bertz CT molecular complexity index is 1450. The molecule has 0 bridgehead atoms. The van der Waals surface area contributed by atoms with Crippen LogP contribution in [0.25, 0.3) is 33.4 Å². The molecule has 1 heterocycles. The second-order valence-electron chi connectivity index (χ2n) is 11.7. The summed E-state index contributed by atoms with van der Waals surface area (Å²) in [5, 5.41) is 0. The van der Waals surface area contributed by atoms with Crippen LogP contribution in [-0.4, -0.2) is 18.3 Å². The molecule has 1 aliphatic heterocycles. The van der Waals surface area contributed by atoms with Crippen LogP contribution in [0, 0.1) is 0 Å². The summed E-state index contributed by atoms with van der Waals surface area (Å²) in [4.78, 5) is 0. The third-order valence-corrected chi connectivity index (χ3v) is 8.53. The van der Waals surface area contributed by atoms with Crippen molar-refractivity contribution >= 4 is 12.6 Å². The summed E-state index contributed by atoms with van der Waals surface area (Å²) in [5.41, 5.74) is 10.6. The van der Waals surface area contributed by atoms with E-state index in [0.29, 0.717) is 0 Å². The summed E-state index contributed by atoms with van der Waals surface area (Å²) in [5.74, 6) is 0. The SMILES string of the molecule is CC1(C)c2cc(B3OC(C)(C)C(C)(C)O3)ccc2-c2ccc(-c3cccc(-c4ccccc4)c3)cc21. The lowest BCUT2D eigenvalue weighted by Crippen LogP contribution is -2.41. The van der Waals surface area contributed by atoms with Gasteiger partial charge in [-0.3, -0.25) is 0 Å². The molecular weight excluding hydrogens is 439 g/mol. The van der Waals surface area contributed by atoms with Crippen LogP contribution >= 0.6 is 0 Å². The molecule has 180 valence electrons. The Morgan fingerprint density at radius 1 is 0.500 bits per heavy atom. The molecule has 2 nitrogen and oxygen atoms in total. The van der Waals surface area contributed by atoms with Gasteiger partial charge in [-0.15, -0.1) is 0 Å². The second-order valence-corrected chi connectivity index (χ2v) is 11.7. The van der Waals surface area contributed by atoms with E-state index in [-0.39, 0.29) is 23.7 Å². The van der Waals surface area contributed by atoms with Gasteiger partial charge in [0.1, 0.15) is 0 Å². The molecule has 2 aliphatic rings. The molecule has 0 unspecified atom stereocenters. The van der Waals surface area contributed by atoms with E-state index in [0.717, 1.165) is 5.46 Å². The highest BCUT2D eigenvalue weighted by molar-refractivity contribution is 6.62. The van der Waals surface area contributed by atoms with Gasteiger partial charge < -0.3 is 9.31 Å². The van der Waals surface area contributed by atoms with Gasteiger partial charge in [0.05, 0.1) is 11.2 Å². The topological polar surface area (TPSA) is 18.5 Å². The molecule has 0 saturated carbocycles. The highest BCUT2D eigenvalue weighted by Crippen LogP contribution is 2.49. The summed E-state index contributed by atoms with van der Waals surface area (Å²) in [6, 6.07) is 33.1. The highest BCUT2D eigenvalue weighted by atomic mass is 16.7. The van der Waals surface area contributed by atoms with Crippen LogP contribution in [0.15, 0.2) is 91.0 Å². The maximum absolute atomic E-state index is 6.36. The number of rotatable bonds is 3. The number of hydrogen-bond acceptors (Lipinski definition) is 2. The largest absolute Gasteiger partial charge is 0.494 e. The first-order valence-corrected chi connectivity index (χ1v) is 12.9. The van der Waals surface area contributed by atoms with E-state index in [1.165, 1.54) is 44.5 Å². The van der Waals surface area contributed by atoms with Gasteiger partial charge in [-0.05, 0) is 89.8 Å². The maximum Gasteiger partial charge on any atom is 0.494 e. The molecule has 4 aromatic carbocycles. The molecule has 3 heteroatoms. The van der Waals surface area contributed by atoms with Crippen LogP contribution in [0.1, 0.15) is 52.7 Å². The molecule has 1 aliphatic carbocycles. The Kier molecular flexibility index (Phi) is 5.13. The molecule has 0 atom stereocenters. The van der Waals surface area contributed by atoms with Crippen molar-refractivity contribution in [1.29, 1.82) is 0 Å². The van der Waals surface area contributed by atoms with Crippen molar-refractivity contribution < 1.29 is 9.31 Å². The molecule has 0 amide bonds. The van der Waals surface area contributed by atoms with E-state index in [9.17, 15) is 0 Å². The van der Waals surface area contributed by atoms with Gasteiger partial charge in [0.15, 0.2) is 0 Å². The molecule has 1 fully saturated rings. The fourth-order valence-electron chi connectivity index (χ4n) is 5.57. The Hall–Kier alpha value is -3.14. The maximum atomic E-state index is 6.36. The first-order chi connectivity index (χ1) is 17.1. The summed E-state index contributed by atoms with van der Waals surface area (Å²) in [6.45, 7) is 13.1. The van der Waals surface area contributed by atoms with E-state index in [2.05, 4.69) is 133 Å². The highest BCUT2D eigenvalue weighted by Gasteiger charge is 2.52. The van der Waals surface area contributed by atoms with Crippen molar-refractivity contribution in [2.45, 2.75) is 58.2 Å². The van der Waals surface area contributed by atoms with Crippen molar-refractivity contribution in [1.82, 2.24) is 0 Å². The lowest BCUT2D eigenvalue weighted by molar-refractivity contribution is 0.00578. The fourth-order valence-corrected chi connectivity index (χ4v) is 5.57. The van der Waals surface area contributed by atoms with Crippen LogP contribution in [-0.2, 0) is 14.7 Å².